The average molecular weight is 358 g/mol. The van der Waals surface area contributed by atoms with Crippen LogP contribution in [0, 0.1) is 13.8 Å². The van der Waals surface area contributed by atoms with Crippen LogP contribution in [0.5, 0.6) is 6.01 Å². The van der Waals surface area contributed by atoms with Crippen molar-refractivity contribution in [2.75, 3.05) is 33.3 Å². The fourth-order valence-corrected chi connectivity index (χ4v) is 3.23. The predicted octanol–water partition coefficient (Wildman–Crippen LogP) is 1.03. The fraction of sp³-hybridized carbons (Fsp3) is 0.556. The van der Waals surface area contributed by atoms with Crippen molar-refractivity contribution in [3.8, 4) is 6.01 Å². The van der Waals surface area contributed by atoms with Gasteiger partial charge in [0, 0.05) is 56.4 Å². The third kappa shape index (κ3) is 4.57. The van der Waals surface area contributed by atoms with Crippen molar-refractivity contribution in [3.05, 3.63) is 35.4 Å². The second kappa shape index (κ2) is 8.27. The zero-order valence-corrected chi connectivity index (χ0v) is 15.7. The normalized spacial score (nSPS) is 15.7. The van der Waals surface area contributed by atoms with Gasteiger partial charge in [0.1, 0.15) is 6.54 Å². The molecule has 0 aromatic carbocycles. The Hall–Kier alpha value is -2.48. The van der Waals surface area contributed by atoms with Gasteiger partial charge in [-0.1, -0.05) is 0 Å². The zero-order valence-electron chi connectivity index (χ0n) is 15.7. The highest BCUT2D eigenvalue weighted by Gasteiger charge is 2.20. The number of rotatable bonds is 5. The standard InChI is InChI=1S/C18H26N6O2/c1-14-9-15(2)24(21-14)13-17(25)23-6-4-5-22(7-8-23)12-16-10-19-18(26-3)20-11-16/h9-11H,4-8,12-13H2,1-3H3. The molecule has 1 aliphatic rings. The first-order chi connectivity index (χ1) is 12.5. The fourth-order valence-electron chi connectivity index (χ4n) is 3.23. The van der Waals surface area contributed by atoms with E-state index in [1.807, 2.05) is 24.8 Å². The van der Waals surface area contributed by atoms with Crippen LogP contribution in [-0.2, 0) is 17.9 Å². The molecule has 8 heteroatoms. The molecular formula is C18H26N6O2. The van der Waals surface area contributed by atoms with Crippen molar-refractivity contribution in [2.24, 2.45) is 0 Å². The van der Waals surface area contributed by atoms with Gasteiger partial charge >= 0.3 is 6.01 Å². The van der Waals surface area contributed by atoms with E-state index in [4.69, 9.17) is 4.74 Å². The Balaban J connectivity index is 1.53. The number of aryl methyl sites for hydroxylation is 2. The van der Waals surface area contributed by atoms with E-state index in [0.29, 0.717) is 12.6 Å². The first-order valence-corrected chi connectivity index (χ1v) is 8.91. The van der Waals surface area contributed by atoms with Crippen molar-refractivity contribution in [1.29, 1.82) is 0 Å². The molecule has 0 N–H and O–H groups in total. The van der Waals surface area contributed by atoms with Gasteiger partial charge in [-0.3, -0.25) is 14.4 Å². The number of hydrogen-bond acceptors (Lipinski definition) is 6. The Morgan fingerprint density at radius 2 is 1.92 bits per heavy atom. The van der Waals surface area contributed by atoms with Gasteiger partial charge in [-0.2, -0.15) is 5.10 Å². The van der Waals surface area contributed by atoms with E-state index in [1.165, 1.54) is 0 Å². The van der Waals surface area contributed by atoms with Crippen molar-refractivity contribution >= 4 is 5.91 Å². The lowest BCUT2D eigenvalue weighted by atomic mass is 10.3. The largest absolute Gasteiger partial charge is 0.467 e. The second-order valence-electron chi connectivity index (χ2n) is 6.67. The van der Waals surface area contributed by atoms with E-state index < -0.39 is 0 Å². The lowest BCUT2D eigenvalue weighted by molar-refractivity contribution is -0.131. The molecule has 0 bridgehead atoms. The third-order valence-electron chi connectivity index (χ3n) is 4.60. The van der Waals surface area contributed by atoms with Gasteiger partial charge in [-0.05, 0) is 26.3 Å². The molecule has 0 aliphatic carbocycles. The van der Waals surface area contributed by atoms with E-state index >= 15 is 0 Å². The van der Waals surface area contributed by atoms with Crippen LogP contribution in [0.1, 0.15) is 23.4 Å². The molecule has 2 aromatic rings. The summed E-state index contributed by atoms with van der Waals surface area (Å²) in [5, 5.41) is 4.39. The maximum absolute atomic E-state index is 12.6. The summed E-state index contributed by atoms with van der Waals surface area (Å²) >= 11 is 0. The molecule has 0 saturated carbocycles. The Morgan fingerprint density at radius 1 is 1.15 bits per heavy atom. The number of carbonyl (C=O) groups excluding carboxylic acids is 1. The molecule has 140 valence electrons. The second-order valence-corrected chi connectivity index (χ2v) is 6.67. The molecule has 0 radical (unpaired) electrons. The molecule has 26 heavy (non-hydrogen) atoms. The van der Waals surface area contributed by atoms with Gasteiger partial charge in [0.25, 0.3) is 0 Å². The molecule has 1 fully saturated rings. The van der Waals surface area contributed by atoms with Gasteiger partial charge < -0.3 is 9.64 Å². The summed E-state index contributed by atoms with van der Waals surface area (Å²) in [4.78, 5) is 25.2. The maximum atomic E-state index is 12.6. The summed E-state index contributed by atoms with van der Waals surface area (Å²) in [6.07, 6.45) is 4.55. The summed E-state index contributed by atoms with van der Waals surface area (Å²) in [7, 11) is 1.56. The van der Waals surface area contributed by atoms with Gasteiger partial charge in [-0.25, -0.2) is 9.97 Å². The number of amides is 1. The number of methoxy groups -OCH3 is 1. The Kier molecular flexibility index (Phi) is 5.82. The van der Waals surface area contributed by atoms with Crippen LogP contribution >= 0.6 is 0 Å². The Bertz CT molecular complexity index is 743. The average Bonchev–Trinajstić information content (AvgIpc) is 2.82. The molecule has 1 amide bonds. The van der Waals surface area contributed by atoms with Crippen molar-refractivity contribution in [3.63, 3.8) is 0 Å². The minimum absolute atomic E-state index is 0.130. The Labute approximate surface area is 153 Å². The molecule has 1 saturated heterocycles. The van der Waals surface area contributed by atoms with E-state index in [9.17, 15) is 4.79 Å². The number of hydrogen-bond donors (Lipinski definition) is 0. The topological polar surface area (TPSA) is 76.4 Å². The minimum atomic E-state index is 0.130. The van der Waals surface area contributed by atoms with Crippen LogP contribution in [-0.4, -0.2) is 68.7 Å². The van der Waals surface area contributed by atoms with Crippen molar-refractivity contribution < 1.29 is 9.53 Å². The van der Waals surface area contributed by atoms with E-state index in [1.54, 1.807) is 24.2 Å². The van der Waals surface area contributed by atoms with E-state index in [2.05, 4.69) is 20.0 Å². The first kappa shape index (κ1) is 18.3. The Morgan fingerprint density at radius 3 is 2.58 bits per heavy atom. The number of nitrogens with zero attached hydrogens (tertiary/aromatic N) is 6. The van der Waals surface area contributed by atoms with Gasteiger partial charge in [0.2, 0.25) is 5.91 Å². The predicted molar refractivity (Wildman–Crippen MR) is 96.8 cm³/mol. The SMILES string of the molecule is COc1ncc(CN2CCCN(C(=O)Cn3nc(C)cc3C)CC2)cn1. The van der Waals surface area contributed by atoms with Crippen LogP contribution in [0.2, 0.25) is 0 Å². The van der Waals surface area contributed by atoms with E-state index in [-0.39, 0.29) is 5.91 Å². The highest BCUT2D eigenvalue weighted by Crippen LogP contribution is 2.10. The molecule has 0 spiro atoms. The van der Waals surface area contributed by atoms with Crippen LogP contribution in [0.3, 0.4) is 0 Å². The first-order valence-electron chi connectivity index (χ1n) is 8.91. The highest BCUT2D eigenvalue weighted by molar-refractivity contribution is 5.76. The van der Waals surface area contributed by atoms with Crippen LogP contribution in [0.15, 0.2) is 18.5 Å². The maximum Gasteiger partial charge on any atom is 0.316 e. The lowest BCUT2D eigenvalue weighted by Gasteiger charge is -2.22. The highest BCUT2D eigenvalue weighted by atomic mass is 16.5. The summed E-state index contributed by atoms with van der Waals surface area (Å²) < 4.78 is 6.78. The third-order valence-corrected chi connectivity index (χ3v) is 4.60. The monoisotopic (exact) mass is 358 g/mol. The van der Waals surface area contributed by atoms with E-state index in [0.717, 1.165) is 56.1 Å². The summed E-state index contributed by atoms with van der Waals surface area (Å²) in [5.41, 5.74) is 3.01. The molecule has 0 atom stereocenters. The smallest absolute Gasteiger partial charge is 0.316 e. The van der Waals surface area contributed by atoms with Crippen molar-refractivity contribution in [2.45, 2.75) is 33.4 Å². The molecule has 0 unspecified atom stereocenters. The van der Waals surface area contributed by atoms with Crippen LogP contribution < -0.4 is 4.74 Å². The minimum Gasteiger partial charge on any atom is -0.467 e. The molecule has 3 heterocycles. The van der Waals surface area contributed by atoms with Crippen LogP contribution in [0.25, 0.3) is 0 Å². The quantitative estimate of drug-likeness (QED) is 0.795. The molecule has 3 rings (SSSR count). The molecule has 2 aromatic heterocycles. The van der Waals surface area contributed by atoms with Gasteiger partial charge in [-0.15, -0.1) is 0 Å². The summed E-state index contributed by atoms with van der Waals surface area (Å²) in [6.45, 7) is 8.33. The van der Waals surface area contributed by atoms with Crippen molar-refractivity contribution in [1.82, 2.24) is 29.5 Å². The number of ether oxygens (including phenoxy) is 1. The molecule has 8 nitrogen and oxygen atoms in total. The van der Waals surface area contributed by atoms with Crippen LogP contribution in [0.4, 0.5) is 0 Å². The van der Waals surface area contributed by atoms with Gasteiger partial charge in [0.05, 0.1) is 12.8 Å². The molecule has 1 aliphatic heterocycles. The van der Waals surface area contributed by atoms with Gasteiger partial charge in [0.15, 0.2) is 0 Å². The lowest BCUT2D eigenvalue weighted by Crippen LogP contribution is -2.37. The molecular weight excluding hydrogens is 332 g/mol. The zero-order chi connectivity index (χ0) is 18.5. The number of carbonyl (C=O) groups is 1. The summed E-state index contributed by atoms with van der Waals surface area (Å²) in [6, 6.07) is 2.37. The summed E-state index contributed by atoms with van der Waals surface area (Å²) in [5.74, 6) is 0.130. The number of aromatic nitrogens is 4.